The van der Waals surface area contributed by atoms with Gasteiger partial charge in [-0.25, -0.2) is 9.37 Å². The number of benzene rings is 2. The van der Waals surface area contributed by atoms with E-state index in [9.17, 15) is 19.5 Å². The van der Waals surface area contributed by atoms with Crippen LogP contribution in [0.5, 0.6) is 0 Å². The highest BCUT2D eigenvalue weighted by atomic mass is 19.1. The van der Waals surface area contributed by atoms with E-state index in [2.05, 4.69) is 55.8 Å². The first-order chi connectivity index (χ1) is 22.7. The summed E-state index contributed by atoms with van der Waals surface area (Å²) in [6.07, 6.45) is 5.10. The highest BCUT2D eigenvalue weighted by Gasteiger charge is 2.37. The van der Waals surface area contributed by atoms with Crippen LogP contribution in [0.25, 0.3) is 22.2 Å². The lowest BCUT2D eigenvalue weighted by Crippen LogP contribution is -2.52. The molecule has 3 amide bonds. The average molecular weight is 640 g/mol. The third kappa shape index (κ3) is 6.64. The number of piperidine rings is 2. The topological polar surface area (TPSA) is 134 Å². The van der Waals surface area contributed by atoms with Gasteiger partial charge in [-0.1, -0.05) is 12.1 Å². The number of pyridine rings is 1. The van der Waals surface area contributed by atoms with Gasteiger partial charge in [0.05, 0.1) is 17.7 Å². The molecule has 0 aliphatic carbocycles. The molecule has 0 radical (unpaired) electrons. The van der Waals surface area contributed by atoms with Crippen LogP contribution in [0.15, 0.2) is 67.0 Å². The van der Waals surface area contributed by atoms with Crippen molar-refractivity contribution in [3.05, 3.63) is 72.8 Å². The molecule has 2 aromatic carbocycles. The number of hydrogen-bond acceptors (Lipinski definition) is 8. The molecule has 12 heteroatoms. The van der Waals surface area contributed by atoms with E-state index in [0.29, 0.717) is 69.9 Å². The monoisotopic (exact) mass is 639 g/mol. The Bertz CT molecular complexity index is 1790. The number of imide groups is 1. The quantitative estimate of drug-likeness (QED) is 0.225. The Hall–Kier alpha value is -4.97. The number of H-pyrrole nitrogens is 1. The Balaban J connectivity index is 0.884. The Labute approximate surface area is 271 Å². The van der Waals surface area contributed by atoms with Gasteiger partial charge in [0.1, 0.15) is 17.5 Å². The second kappa shape index (κ2) is 12.7. The van der Waals surface area contributed by atoms with Crippen LogP contribution in [-0.2, 0) is 14.4 Å². The minimum atomic E-state index is -1.14. The molecule has 7 rings (SSSR count). The minimum Gasteiger partial charge on any atom is -0.389 e. The molecule has 2 aromatic heterocycles. The summed E-state index contributed by atoms with van der Waals surface area (Å²) < 4.78 is 15.1. The molecule has 3 saturated heterocycles. The van der Waals surface area contributed by atoms with Gasteiger partial charge in [0.25, 0.3) is 0 Å². The Morgan fingerprint density at radius 2 is 1.72 bits per heavy atom. The van der Waals surface area contributed by atoms with Crippen molar-refractivity contribution in [3.63, 3.8) is 0 Å². The first kappa shape index (κ1) is 30.7. The van der Waals surface area contributed by atoms with Crippen molar-refractivity contribution in [2.75, 3.05) is 54.4 Å². The standard InChI is InChI=1S/C35H38FN7O4/c36-28-20-26(39-29-6-8-31(44)40-34(29)46)3-7-30(28)42-13-10-35(47,11-14-42)21-32(45)43-17-15-41(16-18-43)27-4-1-23(2-5-27)25-19-24-9-12-37-33(24)38-22-25/h1-5,7,9,12,19-20,22,29,39,47H,6,8,10-11,13-18,21H2,(H,37,38)(H,40,44,46). The van der Waals surface area contributed by atoms with Crippen molar-refractivity contribution in [2.45, 2.75) is 43.7 Å². The Kier molecular flexibility index (Phi) is 8.27. The van der Waals surface area contributed by atoms with Crippen LogP contribution in [0.2, 0.25) is 0 Å². The number of rotatable bonds is 7. The predicted octanol–water partition coefficient (Wildman–Crippen LogP) is 3.66. The van der Waals surface area contributed by atoms with Crippen LogP contribution >= 0.6 is 0 Å². The summed E-state index contributed by atoms with van der Waals surface area (Å²) in [4.78, 5) is 50.3. The molecule has 11 nitrogen and oxygen atoms in total. The number of carbonyl (C=O) groups is 3. The van der Waals surface area contributed by atoms with Crippen molar-refractivity contribution in [1.29, 1.82) is 0 Å². The van der Waals surface area contributed by atoms with Crippen molar-refractivity contribution in [1.82, 2.24) is 20.2 Å². The second-order valence-electron chi connectivity index (χ2n) is 12.8. The van der Waals surface area contributed by atoms with Crippen molar-refractivity contribution >= 4 is 45.8 Å². The van der Waals surface area contributed by atoms with Gasteiger partial charge >= 0.3 is 0 Å². The number of fused-ring (bicyclic) bond motifs is 1. The number of aromatic nitrogens is 2. The van der Waals surface area contributed by atoms with E-state index >= 15 is 4.39 Å². The van der Waals surface area contributed by atoms with Gasteiger partial charge in [-0.2, -0.15) is 0 Å². The first-order valence-corrected chi connectivity index (χ1v) is 16.2. The van der Waals surface area contributed by atoms with Gasteiger partial charge in [-0.3, -0.25) is 19.7 Å². The van der Waals surface area contributed by atoms with E-state index in [1.807, 2.05) is 28.3 Å². The maximum Gasteiger partial charge on any atom is 0.249 e. The lowest BCUT2D eigenvalue weighted by atomic mass is 9.87. The van der Waals surface area contributed by atoms with E-state index < -0.39 is 23.4 Å². The van der Waals surface area contributed by atoms with Crippen molar-refractivity contribution in [2.24, 2.45) is 0 Å². The molecular formula is C35H38FN7O4. The van der Waals surface area contributed by atoms with Gasteiger partial charge in [-0.05, 0) is 67.3 Å². The smallest absolute Gasteiger partial charge is 0.249 e. The lowest BCUT2D eigenvalue weighted by Gasteiger charge is -2.41. The highest BCUT2D eigenvalue weighted by Crippen LogP contribution is 2.32. The summed E-state index contributed by atoms with van der Waals surface area (Å²) in [7, 11) is 0. The molecule has 0 spiro atoms. The van der Waals surface area contributed by atoms with E-state index in [0.717, 1.165) is 27.8 Å². The molecule has 1 atom stereocenters. The number of hydrogen-bond donors (Lipinski definition) is 4. The van der Waals surface area contributed by atoms with E-state index in [1.165, 1.54) is 6.07 Å². The van der Waals surface area contributed by atoms with Gasteiger partial charge in [0.2, 0.25) is 17.7 Å². The van der Waals surface area contributed by atoms with Gasteiger partial charge < -0.3 is 30.1 Å². The zero-order valence-electron chi connectivity index (χ0n) is 26.0. The number of amides is 3. The number of nitrogens with zero attached hydrogens (tertiary/aromatic N) is 4. The van der Waals surface area contributed by atoms with Gasteiger partial charge in [-0.15, -0.1) is 0 Å². The molecule has 4 aromatic rings. The molecule has 4 N–H and O–H groups in total. The van der Waals surface area contributed by atoms with E-state index in [1.54, 1.807) is 12.1 Å². The SMILES string of the molecule is O=C1CCC(Nc2ccc(N3CCC(O)(CC(=O)N4CCN(c5ccc(-c6cnc7[nH]ccc7c6)cc5)CC4)CC3)c(F)c2)C(=O)N1. The highest BCUT2D eigenvalue weighted by molar-refractivity contribution is 6.01. The Morgan fingerprint density at radius 1 is 0.957 bits per heavy atom. The number of piperazine rings is 1. The molecular weight excluding hydrogens is 601 g/mol. The van der Waals surface area contributed by atoms with Crippen LogP contribution in [0.3, 0.4) is 0 Å². The molecule has 47 heavy (non-hydrogen) atoms. The van der Waals surface area contributed by atoms with Crippen LogP contribution in [-0.4, -0.2) is 88.6 Å². The summed E-state index contributed by atoms with van der Waals surface area (Å²) in [6.45, 7) is 3.42. The molecule has 1 unspecified atom stereocenters. The van der Waals surface area contributed by atoms with Gasteiger partial charge in [0.15, 0.2) is 0 Å². The molecule has 3 fully saturated rings. The van der Waals surface area contributed by atoms with Crippen LogP contribution in [0, 0.1) is 5.82 Å². The normalized spacial score (nSPS) is 20.0. The van der Waals surface area contributed by atoms with Crippen LogP contribution in [0.1, 0.15) is 32.1 Å². The number of nitrogens with one attached hydrogen (secondary N) is 3. The maximum absolute atomic E-state index is 15.1. The summed E-state index contributed by atoms with van der Waals surface area (Å²) in [5.74, 6) is -1.21. The summed E-state index contributed by atoms with van der Waals surface area (Å²) in [5.41, 5.74) is 3.87. The molecule has 3 aliphatic heterocycles. The molecule has 0 bridgehead atoms. The van der Waals surface area contributed by atoms with Crippen LogP contribution < -0.4 is 20.4 Å². The fraction of sp³-hybridized carbons (Fsp3) is 0.371. The van der Waals surface area contributed by atoms with E-state index in [4.69, 9.17) is 0 Å². The third-order valence-corrected chi connectivity index (χ3v) is 9.64. The largest absolute Gasteiger partial charge is 0.389 e. The summed E-state index contributed by atoms with van der Waals surface area (Å²) >= 11 is 0. The average Bonchev–Trinajstić information content (AvgIpc) is 3.55. The fourth-order valence-electron chi connectivity index (χ4n) is 6.80. The number of halogens is 1. The van der Waals surface area contributed by atoms with Crippen molar-refractivity contribution < 1.29 is 23.9 Å². The molecule has 5 heterocycles. The maximum atomic E-state index is 15.1. The molecule has 244 valence electrons. The summed E-state index contributed by atoms with van der Waals surface area (Å²) in [6, 6.07) is 16.7. The first-order valence-electron chi connectivity index (χ1n) is 16.2. The van der Waals surface area contributed by atoms with Crippen LogP contribution in [0.4, 0.5) is 21.5 Å². The molecule has 0 saturated carbocycles. The minimum absolute atomic E-state index is 0.0480. The number of aromatic amines is 1. The third-order valence-electron chi connectivity index (χ3n) is 9.64. The van der Waals surface area contributed by atoms with E-state index in [-0.39, 0.29) is 24.7 Å². The second-order valence-corrected chi connectivity index (χ2v) is 12.8. The zero-order valence-corrected chi connectivity index (χ0v) is 26.0. The number of carbonyl (C=O) groups excluding carboxylic acids is 3. The molecule has 3 aliphatic rings. The van der Waals surface area contributed by atoms with Gasteiger partial charge in [0, 0.05) is 80.4 Å². The summed E-state index contributed by atoms with van der Waals surface area (Å²) in [5, 5.41) is 17.7. The fourth-order valence-corrected chi connectivity index (χ4v) is 6.80. The zero-order chi connectivity index (χ0) is 32.5. The number of anilines is 3. The van der Waals surface area contributed by atoms with Crippen molar-refractivity contribution in [3.8, 4) is 11.1 Å². The number of aliphatic hydroxyl groups is 1. The lowest BCUT2D eigenvalue weighted by molar-refractivity contribution is -0.138. The Morgan fingerprint density at radius 3 is 2.45 bits per heavy atom. The predicted molar refractivity (Wildman–Crippen MR) is 178 cm³/mol.